The van der Waals surface area contributed by atoms with Crippen LogP contribution in [0.25, 0.3) is 0 Å². The Labute approximate surface area is 88.2 Å². The summed E-state index contributed by atoms with van der Waals surface area (Å²) >= 11 is 0. The molecule has 0 aromatic carbocycles. The van der Waals surface area contributed by atoms with Crippen molar-refractivity contribution < 1.29 is 14.4 Å². The van der Waals surface area contributed by atoms with Gasteiger partial charge < -0.3 is 15.1 Å². The lowest BCUT2D eigenvalue weighted by Crippen LogP contribution is -2.52. The fraction of sp³-hybridized carbons (Fsp3) is 0.667. The second-order valence-corrected chi connectivity index (χ2v) is 3.29. The Hall–Kier alpha value is -1.59. The van der Waals surface area contributed by atoms with Crippen molar-refractivity contribution in [3.8, 4) is 0 Å². The van der Waals surface area contributed by atoms with Crippen LogP contribution in [0, 0.1) is 0 Å². The molecule has 0 bridgehead atoms. The Morgan fingerprint density at radius 3 is 2.33 bits per heavy atom. The van der Waals surface area contributed by atoms with E-state index in [1.54, 1.807) is 11.8 Å². The molecule has 0 unspecified atom stereocenters. The number of rotatable bonds is 2. The number of nitrogens with zero attached hydrogens (tertiary/aromatic N) is 2. The highest BCUT2D eigenvalue weighted by molar-refractivity contribution is 6.35. The highest BCUT2D eigenvalue weighted by Gasteiger charge is 2.24. The van der Waals surface area contributed by atoms with Crippen molar-refractivity contribution in [2.24, 2.45) is 0 Å². The quantitative estimate of drug-likeness (QED) is 0.445. The molecule has 0 radical (unpaired) electrons. The molecule has 15 heavy (non-hydrogen) atoms. The lowest BCUT2D eigenvalue weighted by atomic mass is 10.3. The number of nitrogens with one attached hydrogen (secondary N) is 1. The van der Waals surface area contributed by atoms with Gasteiger partial charge in [0.2, 0.25) is 6.41 Å². The van der Waals surface area contributed by atoms with Crippen LogP contribution in [0.2, 0.25) is 0 Å². The van der Waals surface area contributed by atoms with Crippen LogP contribution in [0.3, 0.4) is 0 Å². The van der Waals surface area contributed by atoms with Gasteiger partial charge in [0.1, 0.15) is 0 Å². The topological polar surface area (TPSA) is 69.7 Å². The second kappa shape index (κ2) is 5.33. The van der Waals surface area contributed by atoms with Crippen LogP contribution in [0.5, 0.6) is 0 Å². The van der Waals surface area contributed by atoms with E-state index in [1.165, 1.54) is 4.90 Å². The third-order valence-electron chi connectivity index (χ3n) is 2.28. The average molecular weight is 213 g/mol. The van der Waals surface area contributed by atoms with E-state index < -0.39 is 11.8 Å². The van der Waals surface area contributed by atoms with Gasteiger partial charge in [-0.2, -0.15) is 0 Å². The summed E-state index contributed by atoms with van der Waals surface area (Å²) in [6.45, 7) is 4.04. The van der Waals surface area contributed by atoms with E-state index in [9.17, 15) is 14.4 Å². The molecule has 0 aliphatic carbocycles. The number of likely N-dealkylation sites (N-methyl/N-ethyl adjacent to an activating group) is 1. The van der Waals surface area contributed by atoms with E-state index in [4.69, 9.17) is 0 Å². The molecule has 0 saturated carbocycles. The minimum Gasteiger partial charge on any atom is -0.348 e. The number of hydrogen-bond donors (Lipinski definition) is 1. The maximum absolute atomic E-state index is 11.5. The highest BCUT2D eigenvalue weighted by Crippen LogP contribution is 1.99. The average Bonchev–Trinajstić information content (AvgIpc) is 2.28. The van der Waals surface area contributed by atoms with Crippen molar-refractivity contribution in [3.05, 3.63) is 0 Å². The molecule has 3 amide bonds. The summed E-state index contributed by atoms with van der Waals surface area (Å²) in [5, 5.41) is 2.45. The van der Waals surface area contributed by atoms with Gasteiger partial charge in [0.15, 0.2) is 0 Å². The van der Waals surface area contributed by atoms with Crippen LogP contribution in [0.4, 0.5) is 0 Å². The van der Waals surface area contributed by atoms with Crippen LogP contribution in [-0.2, 0) is 14.4 Å². The maximum Gasteiger partial charge on any atom is 0.312 e. The molecule has 1 aliphatic heterocycles. The molecule has 84 valence electrons. The van der Waals surface area contributed by atoms with Crippen molar-refractivity contribution in [1.82, 2.24) is 15.1 Å². The highest BCUT2D eigenvalue weighted by atomic mass is 16.2. The summed E-state index contributed by atoms with van der Waals surface area (Å²) in [6.07, 6.45) is 0.758. The Morgan fingerprint density at radius 1 is 1.27 bits per heavy atom. The summed E-state index contributed by atoms with van der Waals surface area (Å²) in [4.78, 5) is 36.2. The zero-order valence-electron chi connectivity index (χ0n) is 8.73. The first kappa shape index (κ1) is 11.5. The predicted molar refractivity (Wildman–Crippen MR) is 52.9 cm³/mol. The standard InChI is InChI=1S/C9H15N3O3/c1-2-10-8(14)9(15)12-5-3-11(7-13)4-6-12/h7H,2-6H2,1H3,(H,10,14). The zero-order valence-corrected chi connectivity index (χ0v) is 8.73. The fourth-order valence-corrected chi connectivity index (χ4v) is 1.41. The van der Waals surface area contributed by atoms with Crippen LogP contribution in [0.15, 0.2) is 0 Å². The van der Waals surface area contributed by atoms with Gasteiger partial charge in [-0.3, -0.25) is 14.4 Å². The van der Waals surface area contributed by atoms with E-state index in [-0.39, 0.29) is 0 Å². The SMILES string of the molecule is CCNC(=O)C(=O)N1CCN(C=O)CC1. The van der Waals surface area contributed by atoms with Crippen molar-refractivity contribution in [1.29, 1.82) is 0 Å². The minimum atomic E-state index is -0.572. The van der Waals surface area contributed by atoms with Crippen molar-refractivity contribution >= 4 is 18.2 Å². The molecule has 1 rings (SSSR count). The van der Waals surface area contributed by atoms with Gasteiger partial charge in [0, 0.05) is 32.7 Å². The molecule has 1 fully saturated rings. The molecular formula is C9H15N3O3. The molecule has 0 aromatic heterocycles. The van der Waals surface area contributed by atoms with Crippen molar-refractivity contribution in [2.45, 2.75) is 6.92 Å². The van der Waals surface area contributed by atoms with Gasteiger partial charge >= 0.3 is 11.8 Å². The van der Waals surface area contributed by atoms with E-state index in [1.807, 2.05) is 0 Å². The molecule has 0 atom stereocenters. The summed E-state index contributed by atoms with van der Waals surface area (Å²) in [5.74, 6) is -1.08. The van der Waals surface area contributed by atoms with E-state index >= 15 is 0 Å². The van der Waals surface area contributed by atoms with E-state index in [2.05, 4.69) is 5.32 Å². The van der Waals surface area contributed by atoms with Gasteiger partial charge in [-0.05, 0) is 6.92 Å². The maximum atomic E-state index is 11.5. The largest absolute Gasteiger partial charge is 0.348 e. The fourth-order valence-electron chi connectivity index (χ4n) is 1.41. The molecular weight excluding hydrogens is 198 g/mol. The molecule has 1 N–H and O–H groups in total. The summed E-state index contributed by atoms with van der Waals surface area (Å²) in [6, 6.07) is 0. The van der Waals surface area contributed by atoms with Gasteiger partial charge in [-0.1, -0.05) is 0 Å². The van der Waals surface area contributed by atoms with E-state index in [0.717, 1.165) is 6.41 Å². The lowest BCUT2D eigenvalue weighted by Gasteiger charge is -2.31. The van der Waals surface area contributed by atoms with Crippen LogP contribution < -0.4 is 5.32 Å². The smallest absolute Gasteiger partial charge is 0.312 e. The second-order valence-electron chi connectivity index (χ2n) is 3.29. The first-order valence-corrected chi connectivity index (χ1v) is 4.95. The molecule has 1 aliphatic rings. The number of hydrogen-bond acceptors (Lipinski definition) is 3. The summed E-state index contributed by atoms with van der Waals surface area (Å²) in [7, 11) is 0. The normalized spacial score (nSPS) is 16.1. The summed E-state index contributed by atoms with van der Waals surface area (Å²) in [5.41, 5.74) is 0. The third kappa shape index (κ3) is 2.93. The minimum absolute atomic E-state index is 0.425. The monoisotopic (exact) mass is 213 g/mol. The molecule has 0 aromatic rings. The molecule has 1 heterocycles. The Morgan fingerprint density at radius 2 is 1.87 bits per heavy atom. The number of carbonyl (C=O) groups is 3. The molecule has 6 nitrogen and oxygen atoms in total. The van der Waals surface area contributed by atoms with Crippen molar-refractivity contribution in [3.63, 3.8) is 0 Å². The Kier molecular flexibility index (Phi) is 4.08. The molecule has 0 spiro atoms. The number of piperazine rings is 1. The van der Waals surface area contributed by atoms with E-state index in [0.29, 0.717) is 32.7 Å². The zero-order chi connectivity index (χ0) is 11.3. The summed E-state index contributed by atoms with van der Waals surface area (Å²) < 4.78 is 0. The van der Waals surface area contributed by atoms with Gasteiger partial charge in [-0.15, -0.1) is 0 Å². The van der Waals surface area contributed by atoms with Gasteiger partial charge in [0.05, 0.1) is 0 Å². The third-order valence-corrected chi connectivity index (χ3v) is 2.28. The predicted octanol–water partition coefficient (Wildman–Crippen LogP) is -1.58. The van der Waals surface area contributed by atoms with Crippen LogP contribution >= 0.6 is 0 Å². The lowest BCUT2D eigenvalue weighted by molar-refractivity contribution is -0.147. The van der Waals surface area contributed by atoms with Crippen LogP contribution in [-0.4, -0.2) is 60.7 Å². The first-order valence-electron chi connectivity index (χ1n) is 4.95. The van der Waals surface area contributed by atoms with Gasteiger partial charge in [0.25, 0.3) is 0 Å². The van der Waals surface area contributed by atoms with Crippen LogP contribution in [0.1, 0.15) is 6.92 Å². The number of carbonyl (C=O) groups excluding carboxylic acids is 3. The first-order chi connectivity index (χ1) is 7.19. The van der Waals surface area contributed by atoms with Gasteiger partial charge in [-0.25, -0.2) is 0 Å². The Balaban J connectivity index is 2.42. The number of amides is 3. The Bertz CT molecular complexity index is 259. The molecule has 6 heteroatoms. The molecule has 1 saturated heterocycles. The van der Waals surface area contributed by atoms with Crippen molar-refractivity contribution in [2.75, 3.05) is 32.7 Å².